The Hall–Kier alpha value is -1.06. The molecule has 4 nitrogen and oxygen atoms in total. The third kappa shape index (κ3) is 7.19. The number of hydrogen-bond donors (Lipinski definition) is 2. The molecular formula is C15H28O4. The van der Waals surface area contributed by atoms with Gasteiger partial charge in [0.25, 0.3) is 0 Å². The number of carboxylic acids is 2. The molecule has 112 valence electrons. The van der Waals surface area contributed by atoms with E-state index in [1.807, 2.05) is 27.7 Å². The van der Waals surface area contributed by atoms with Crippen LogP contribution in [0.2, 0.25) is 0 Å². The minimum Gasteiger partial charge on any atom is -0.481 e. The van der Waals surface area contributed by atoms with Crippen molar-refractivity contribution in [2.24, 2.45) is 23.7 Å². The SMILES string of the molecule is CC(C)C(CCCCCC(C(=O)O)C(C)C)C(=O)O. The summed E-state index contributed by atoms with van der Waals surface area (Å²) in [4.78, 5) is 22.0. The highest BCUT2D eigenvalue weighted by atomic mass is 16.4. The van der Waals surface area contributed by atoms with E-state index < -0.39 is 11.9 Å². The molecule has 0 aliphatic heterocycles. The maximum atomic E-state index is 11.0. The molecule has 0 saturated carbocycles. The second-order valence-corrected chi connectivity index (χ2v) is 6.02. The molecule has 4 heteroatoms. The molecule has 0 aromatic heterocycles. The van der Waals surface area contributed by atoms with E-state index in [0.717, 1.165) is 19.3 Å². The van der Waals surface area contributed by atoms with Crippen LogP contribution in [-0.4, -0.2) is 22.2 Å². The van der Waals surface area contributed by atoms with E-state index in [2.05, 4.69) is 0 Å². The number of hydrogen-bond acceptors (Lipinski definition) is 2. The van der Waals surface area contributed by atoms with E-state index in [1.165, 1.54) is 0 Å². The quantitative estimate of drug-likeness (QED) is 0.595. The fraction of sp³-hybridized carbons (Fsp3) is 0.867. The predicted octanol–water partition coefficient (Wildman–Crippen LogP) is 3.65. The summed E-state index contributed by atoms with van der Waals surface area (Å²) in [7, 11) is 0. The molecule has 0 spiro atoms. The Labute approximate surface area is 116 Å². The zero-order chi connectivity index (χ0) is 15.0. The highest BCUT2D eigenvalue weighted by Gasteiger charge is 2.22. The van der Waals surface area contributed by atoms with Crippen LogP contribution in [0.3, 0.4) is 0 Å². The fourth-order valence-electron chi connectivity index (χ4n) is 2.39. The Morgan fingerprint density at radius 3 is 1.26 bits per heavy atom. The second-order valence-electron chi connectivity index (χ2n) is 6.02. The highest BCUT2D eigenvalue weighted by molar-refractivity contribution is 5.70. The molecule has 0 aliphatic carbocycles. The fourth-order valence-corrected chi connectivity index (χ4v) is 2.39. The topological polar surface area (TPSA) is 74.6 Å². The van der Waals surface area contributed by atoms with Crippen LogP contribution in [0.5, 0.6) is 0 Å². The second kappa shape index (κ2) is 8.94. The summed E-state index contributed by atoms with van der Waals surface area (Å²) in [5.74, 6) is -1.69. The predicted molar refractivity (Wildman–Crippen MR) is 75.0 cm³/mol. The largest absolute Gasteiger partial charge is 0.481 e. The van der Waals surface area contributed by atoms with Gasteiger partial charge < -0.3 is 10.2 Å². The van der Waals surface area contributed by atoms with Crippen molar-refractivity contribution in [3.8, 4) is 0 Å². The van der Waals surface area contributed by atoms with Crippen LogP contribution < -0.4 is 0 Å². The first-order chi connectivity index (χ1) is 8.77. The molecule has 0 heterocycles. The van der Waals surface area contributed by atoms with Gasteiger partial charge in [0.15, 0.2) is 0 Å². The number of carboxylic acid groups (broad SMARTS) is 2. The monoisotopic (exact) mass is 272 g/mol. The summed E-state index contributed by atoms with van der Waals surface area (Å²) in [6, 6.07) is 0. The lowest BCUT2D eigenvalue weighted by molar-refractivity contribution is -0.144. The Morgan fingerprint density at radius 2 is 1.05 bits per heavy atom. The van der Waals surface area contributed by atoms with Gasteiger partial charge in [-0.3, -0.25) is 9.59 Å². The summed E-state index contributed by atoms with van der Waals surface area (Å²) >= 11 is 0. The van der Waals surface area contributed by atoms with Gasteiger partial charge in [-0.05, 0) is 24.7 Å². The first-order valence-corrected chi connectivity index (χ1v) is 7.23. The van der Waals surface area contributed by atoms with Crippen molar-refractivity contribution in [2.45, 2.75) is 59.8 Å². The van der Waals surface area contributed by atoms with Gasteiger partial charge in [0, 0.05) is 0 Å². The number of aliphatic carboxylic acids is 2. The zero-order valence-electron chi connectivity index (χ0n) is 12.6. The Morgan fingerprint density at radius 1 is 0.737 bits per heavy atom. The molecule has 19 heavy (non-hydrogen) atoms. The average Bonchev–Trinajstić information content (AvgIpc) is 2.25. The first-order valence-electron chi connectivity index (χ1n) is 7.23. The molecule has 0 rings (SSSR count). The Balaban J connectivity index is 3.92. The van der Waals surface area contributed by atoms with Gasteiger partial charge in [0.2, 0.25) is 0 Å². The van der Waals surface area contributed by atoms with Crippen molar-refractivity contribution in [2.75, 3.05) is 0 Å². The zero-order valence-corrected chi connectivity index (χ0v) is 12.6. The summed E-state index contributed by atoms with van der Waals surface area (Å²) in [6.45, 7) is 7.71. The van der Waals surface area contributed by atoms with Crippen molar-refractivity contribution in [3.05, 3.63) is 0 Å². The van der Waals surface area contributed by atoms with Crippen molar-refractivity contribution in [1.82, 2.24) is 0 Å². The van der Waals surface area contributed by atoms with Gasteiger partial charge in [-0.15, -0.1) is 0 Å². The molecular weight excluding hydrogens is 244 g/mol. The van der Waals surface area contributed by atoms with E-state index in [0.29, 0.717) is 12.8 Å². The van der Waals surface area contributed by atoms with E-state index in [1.54, 1.807) is 0 Å². The summed E-state index contributed by atoms with van der Waals surface area (Å²) in [5, 5.41) is 18.1. The summed E-state index contributed by atoms with van der Waals surface area (Å²) in [5.41, 5.74) is 0. The van der Waals surface area contributed by atoms with Gasteiger partial charge in [-0.1, -0.05) is 47.0 Å². The van der Waals surface area contributed by atoms with Gasteiger partial charge in [0.05, 0.1) is 11.8 Å². The number of rotatable bonds is 10. The van der Waals surface area contributed by atoms with Crippen LogP contribution in [0.25, 0.3) is 0 Å². The molecule has 0 aromatic rings. The lowest BCUT2D eigenvalue weighted by Crippen LogP contribution is -2.20. The molecule has 0 saturated heterocycles. The molecule has 0 aliphatic rings. The average molecular weight is 272 g/mol. The molecule has 0 amide bonds. The van der Waals surface area contributed by atoms with Crippen molar-refractivity contribution < 1.29 is 19.8 Å². The minimum atomic E-state index is -0.722. The van der Waals surface area contributed by atoms with E-state index in [9.17, 15) is 9.59 Å². The van der Waals surface area contributed by atoms with E-state index in [-0.39, 0.29) is 23.7 Å². The molecule has 2 N–H and O–H groups in total. The van der Waals surface area contributed by atoms with Crippen LogP contribution >= 0.6 is 0 Å². The molecule has 0 radical (unpaired) electrons. The van der Waals surface area contributed by atoms with Gasteiger partial charge in [0.1, 0.15) is 0 Å². The van der Waals surface area contributed by atoms with Gasteiger partial charge in [-0.25, -0.2) is 0 Å². The third-order valence-electron chi connectivity index (χ3n) is 3.77. The van der Waals surface area contributed by atoms with Gasteiger partial charge in [-0.2, -0.15) is 0 Å². The molecule has 2 atom stereocenters. The first kappa shape index (κ1) is 17.9. The van der Waals surface area contributed by atoms with Crippen molar-refractivity contribution in [3.63, 3.8) is 0 Å². The minimum absolute atomic E-state index is 0.153. The third-order valence-corrected chi connectivity index (χ3v) is 3.77. The standard InChI is InChI=1S/C15H28O4/c1-10(2)12(14(16)17)8-6-5-7-9-13(11(3)4)15(18)19/h10-13H,5-9H2,1-4H3,(H,16,17)(H,18,19). The van der Waals surface area contributed by atoms with Crippen LogP contribution in [-0.2, 0) is 9.59 Å². The summed E-state index contributed by atoms with van der Waals surface area (Å²) < 4.78 is 0. The Kier molecular flexibility index (Phi) is 8.44. The molecule has 0 bridgehead atoms. The Bertz CT molecular complexity index is 256. The molecule has 0 fully saturated rings. The smallest absolute Gasteiger partial charge is 0.306 e. The molecule has 0 aromatic carbocycles. The van der Waals surface area contributed by atoms with Crippen LogP contribution in [0.4, 0.5) is 0 Å². The van der Waals surface area contributed by atoms with E-state index >= 15 is 0 Å². The highest BCUT2D eigenvalue weighted by Crippen LogP contribution is 2.22. The van der Waals surface area contributed by atoms with Gasteiger partial charge >= 0.3 is 11.9 Å². The van der Waals surface area contributed by atoms with Crippen LogP contribution in [0, 0.1) is 23.7 Å². The van der Waals surface area contributed by atoms with Crippen LogP contribution in [0.1, 0.15) is 59.8 Å². The van der Waals surface area contributed by atoms with Crippen molar-refractivity contribution >= 4 is 11.9 Å². The normalized spacial score (nSPS) is 14.6. The number of carbonyl (C=O) groups is 2. The van der Waals surface area contributed by atoms with E-state index in [4.69, 9.17) is 10.2 Å². The lowest BCUT2D eigenvalue weighted by atomic mass is 9.88. The van der Waals surface area contributed by atoms with Crippen LogP contribution in [0.15, 0.2) is 0 Å². The maximum absolute atomic E-state index is 11.0. The number of unbranched alkanes of at least 4 members (excludes halogenated alkanes) is 2. The summed E-state index contributed by atoms with van der Waals surface area (Å²) in [6.07, 6.45) is 4.00. The maximum Gasteiger partial charge on any atom is 0.306 e. The molecule has 2 unspecified atom stereocenters. The lowest BCUT2D eigenvalue weighted by Gasteiger charge is -2.17. The van der Waals surface area contributed by atoms with Crippen molar-refractivity contribution in [1.29, 1.82) is 0 Å².